The summed E-state index contributed by atoms with van der Waals surface area (Å²) in [4.78, 5) is 10.3. The molecule has 0 aliphatic rings. The predicted molar refractivity (Wildman–Crippen MR) is 102 cm³/mol. The van der Waals surface area contributed by atoms with Crippen LogP contribution in [0.4, 0.5) is 0 Å². The van der Waals surface area contributed by atoms with Crippen LogP contribution in [0, 0.1) is 6.92 Å². The Morgan fingerprint density at radius 2 is 1.39 bits per heavy atom. The summed E-state index contributed by atoms with van der Waals surface area (Å²) >= 11 is 0. The Hall–Kier alpha value is 1.07. The van der Waals surface area contributed by atoms with E-state index in [1.54, 1.807) is 0 Å². The van der Waals surface area contributed by atoms with E-state index < -0.39 is 16.4 Å². The van der Waals surface area contributed by atoms with E-state index in [1.165, 1.54) is 21.1 Å². The van der Waals surface area contributed by atoms with Crippen molar-refractivity contribution in [1.82, 2.24) is 0 Å². The normalized spacial score (nSPS) is 10.6. The fraction of sp³-hybridized carbons (Fsp3) is 0.632. The minimum atomic E-state index is -5.04. The summed E-state index contributed by atoms with van der Waals surface area (Å²) in [5.74, 6) is -1.76. The topological polar surface area (TPSA) is 145 Å². The molecule has 0 atom stereocenters. The number of aromatic hydroxyl groups is 1. The molecule has 0 radical (unpaired) electrons. The maximum Gasteiger partial charge on any atom is 1.00 e. The van der Waals surface area contributed by atoms with Gasteiger partial charge in [0.25, 0.3) is 10.4 Å². The van der Waals surface area contributed by atoms with E-state index in [4.69, 9.17) is 9.47 Å². The molecular formula is C19H28K2O9S. The summed E-state index contributed by atoms with van der Waals surface area (Å²) < 4.78 is 48.0. The van der Waals surface area contributed by atoms with Gasteiger partial charge >= 0.3 is 103 Å². The number of carboxylic acid groups (broad SMARTS) is 1. The van der Waals surface area contributed by atoms with Crippen LogP contribution in [0.15, 0.2) is 0 Å². The van der Waals surface area contributed by atoms with Crippen LogP contribution in [-0.4, -0.2) is 38.3 Å². The van der Waals surface area contributed by atoms with Gasteiger partial charge in [0.15, 0.2) is 11.5 Å². The van der Waals surface area contributed by atoms with Crippen LogP contribution >= 0.6 is 0 Å². The van der Waals surface area contributed by atoms with Crippen molar-refractivity contribution in [2.24, 2.45) is 0 Å². The van der Waals surface area contributed by atoms with E-state index in [1.807, 2.05) is 0 Å². The molecule has 0 saturated carbocycles. The van der Waals surface area contributed by atoms with E-state index >= 15 is 0 Å². The molecule has 0 aliphatic carbocycles. The molecule has 9 nitrogen and oxygen atoms in total. The first kappa shape index (κ1) is 34.2. The predicted octanol–water partition coefficient (Wildman–Crippen LogP) is -4.02. The first-order valence-corrected chi connectivity index (χ1v) is 10.8. The van der Waals surface area contributed by atoms with Crippen LogP contribution in [0.2, 0.25) is 0 Å². The van der Waals surface area contributed by atoms with Gasteiger partial charge in [-0.1, -0.05) is 32.1 Å². The molecule has 166 valence electrons. The van der Waals surface area contributed by atoms with E-state index in [0.29, 0.717) is 30.4 Å². The van der Waals surface area contributed by atoms with Crippen LogP contribution in [0.3, 0.4) is 0 Å². The quantitative estimate of drug-likeness (QED) is 0.114. The third-order valence-electron chi connectivity index (χ3n) is 4.61. The summed E-state index contributed by atoms with van der Waals surface area (Å²) in [5, 5.41) is 20.8. The number of phenolic OH excluding ortho intramolecular Hbond substituents is 1. The van der Waals surface area contributed by atoms with E-state index in [-0.39, 0.29) is 132 Å². The van der Waals surface area contributed by atoms with E-state index in [2.05, 4.69) is 4.18 Å². The molecule has 1 rings (SSSR count). The second-order valence-corrected chi connectivity index (χ2v) is 7.67. The van der Waals surface area contributed by atoms with Gasteiger partial charge in [-0.15, -0.1) is 0 Å². The first-order chi connectivity index (χ1) is 13.6. The van der Waals surface area contributed by atoms with Gasteiger partial charge in [0, 0.05) is 17.1 Å². The molecule has 0 bridgehead atoms. The summed E-state index contributed by atoms with van der Waals surface area (Å²) in [6, 6.07) is 0. The Morgan fingerprint density at radius 3 is 1.84 bits per heavy atom. The molecule has 0 fully saturated rings. The third kappa shape index (κ3) is 12.4. The van der Waals surface area contributed by atoms with Crippen molar-refractivity contribution in [2.45, 2.75) is 64.7 Å². The zero-order chi connectivity index (χ0) is 22.0. The second kappa shape index (κ2) is 17.5. The van der Waals surface area contributed by atoms with Crippen molar-refractivity contribution < 1.29 is 144 Å². The number of carbonyl (C=O) groups excluding carboxylic acids is 1. The van der Waals surface area contributed by atoms with Crippen LogP contribution in [0.1, 0.15) is 62.5 Å². The van der Waals surface area contributed by atoms with Crippen molar-refractivity contribution in [3.63, 3.8) is 0 Å². The molecule has 0 saturated heterocycles. The maximum atomic E-state index is 11.1. The molecular weight excluding hydrogens is 482 g/mol. The van der Waals surface area contributed by atoms with Gasteiger partial charge in [-0.05, 0) is 32.6 Å². The molecule has 1 aromatic rings. The van der Waals surface area contributed by atoms with Crippen molar-refractivity contribution in [3.05, 3.63) is 11.1 Å². The van der Waals surface area contributed by atoms with E-state index in [0.717, 1.165) is 32.1 Å². The van der Waals surface area contributed by atoms with E-state index in [9.17, 15) is 28.0 Å². The van der Waals surface area contributed by atoms with Gasteiger partial charge in [-0.3, -0.25) is 0 Å². The number of phenols is 1. The summed E-state index contributed by atoms with van der Waals surface area (Å²) in [7, 11) is -2.51. The van der Waals surface area contributed by atoms with Crippen LogP contribution in [0.5, 0.6) is 23.0 Å². The molecule has 0 aromatic heterocycles. The Balaban J connectivity index is 0. The largest absolute Gasteiger partial charge is 1.00 e. The number of benzene rings is 1. The summed E-state index contributed by atoms with van der Waals surface area (Å²) in [6.45, 7) is 1.54. The van der Waals surface area contributed by atoms with Crippen molar-refractivity contribution in [3.8, 4) is 23.0 Å². The van der Waals surface area contributed by atoms with Crippen molar-refractivity contribution >= 4 is 16.4 Å². The minimum Gasteiger partial charge on any atom is -0.716 e. The van der Waals surface area contributed by atoms with Crippen LogP contribution in [0.25, 0.3) is 0 Å². The van der Waals surface area contributed by atoms with Gasteiger partial charge in [0.1, 0.15) is 0 Å². The fourth-order valence-electron chi connectivity index (χ4n) is 3.17. The molecule has 0 unspecified atom stereocenters. The standard InChI is InChI=1S/C19H30O9S.2K/c1-13-14(11-9-7-5-4-6-8-10-12-15(20)21)16(22)18(26-2)19(27-3)17(13)28-29(23,24)25;;/h22H,4-12H2,1-3H3,(H,20,21)(H,23,24,25);;/q;2*+1/p-2. The van der Waals surface area contributed by atoms with Gasteiger partial charge in [0.05, 0.1) is 14.2 Å². The number of rotatable bonds is 14. The summed E-state index contributed by atoms with van der Waals surface area (Å²) in [5.41, 5.74) is 0.720. The third-order valence-corrected chi connectivity index (χ3v) is 4.98. The monoisotopic (exact) mass is 510 g/mol. The number of unbranched alkanes of at least 4 members (excludes halogenated alkanes) is 6. The molecule has 1 N–H and O–H groups in total. The number of carbonyl (C=O) groups is 1. The van der Waals surface area contributed by atoms with Gasteiger partial charge in [0.2, 0.25) is 11.5 Å². The number of ether oxygens (including phenoxy) is 2. The number of hydrogen-bond acceptors (Lipinski definition) is 9. The minimum absolute atomic E-state index is 0. The Bertz CT molecular complexity index is 798. The van der Waals surface area contributed by atoms with Gasteiger partial charge in [-0.2, -0.15) is 0 Å². The molecule has 0 amide bonds. The number of carboxylic acids is 1. The zero-order valence-corrected chi connectivity index (χ0v) is 26.0. The number of methoxy groups -OCH3 is 2. The SMILES string of the molecule is COc1c(O)c(CCCCCCCCCC(=O)[O-])c(C)c(OS(=O)(=O)[O-])c1OC.[K+].[K+]. The molecule has 31 heavy (non-hydrogen) atoms. The smallest absolute Gasteiger partial charge is 0.716 e. The van der Waals surface area contributed by atoms with Crippen molar-refractivity contribution in [2.75, 3.05) is 14.2 Å². The zero-order valence-electron chi connectivity index (χ0n) is 19.0. The Labute approximate surface area is 269 Å². The summed E-state index contributed by atoms with van der Waals surface area (Å²) in [6.07, 6.45) is 6.40. The second-order valence-electron chi connectivity index (χ2n) is 6.69. The Kier molecular flexibility index (Phi) is 19.3. The maximum absolute atomic E-state index is 11.1. The average Bonchev–Trinajstić information content (AvgIpc) is 2.63. The number of aliphatic carboxylic acids is 1. The fourth-order valence-corrected chi connectivity index (χ4v) is 3.58. The molecule has 1 aromatic carbocycles. The molecule has 0 spiro atoms. The Morgan fingerprint density at radius 1 is 0.903 bits per heavy atom. The van der Waals surface area contributed by atoms with Gasteiger partial charge < -0.3 is 33.2 Å². The molecule has 0 aliphatic heterocycles. The molecule has 12 heteroatoms. The van der Waals surface area contributed by atoms with Gasteiger partial charge in [-0.25, -0.2) is 8.42 Å². The average molecular weight is 511 g/mol. The van der Waals surface area contributed by atoms with Crippen molar-refractivity contribution in [1.29, 1.82) is 0 Å². The number of hydrogen-bond donors (Lipinski definition) is 1. The molecule has 0 heterocycles. The first-order valence-electron chi connectivity index (χ1n) is 9.43. The van der Waals surface area contributed by atoms with Crippen LogP contribution < -0.4 is 122 Å². The van der Waals surface area contributed by atoms with Crippen LogP contribution in [-0.2, 0) is 21.6 Å².